The molecule has 216 valence electrons. The summed E-state index contributed by atoms with van der Waals surface area (Å²) in [7, 11) is 0. The van der Waals surface area contributed by atoms with Crippen LogP contribution in [0.15, 0.2) is 30.4 Å². The molecule has 5 aliphatic rings. The van der Waals surface area contributed by atoms with Crippen molar-refractivity contribution in [2.45, 2.75) is 88.5 Å². The summed E-state index contributed by atoms with van der Waals surface area (Å²) >= 11 is 6.29. The van der Waals surface area contributed by atoms with Crippen molar-refractivity contribution in [1.82, 2.24) is 15.1 Å². The van der Waals surface area contributed by atoms with Crippen molar-refractivity contribution in [3.63, 3.8) is 0 Å². The van der Waals surface area contributed by atoms with Gasteiger partial charge < -0.3 is 25.2 Å². The lowest BCUT2D eigenvalue weighted by molar-refractivity contribution is -0.141. The lowest BCUT2D eigenvalue weighted by Crippen LogP contribution is -2.56. The second-order valence-corrected chi connectivity index (χ2v) is 12.7. The molecule has 3 saturated heterocycles. The largest absolute Gasteiger partial charge is 0.359 e. The van der Waals surface area contributed by atoms with E-state index in [1.165, 1.54) is 25.7 Å². The van der Waals surface area contributed by atoms with E-state index in [2.05, 4.69) is 15.5 Å². The van der Waals surface area contributed by atoms with Gasteiger partial charge in [-0.3, -0.25) is 14.4 Å². The Morgan fingerprint density at radius 2 is 1.80 bits per heavy atom. The number of piperidine rings is 1. The Hall–Kier alpha value is -2.42. The second-order valence-electron chi connectivity index (χ2n) is 12.3. The molecule has 2 bridgehead atoms. The summed E-state index contributed by atoms with van der Waals surface area (Å²) in [5.41, 5.74) is 0.373. The van der Waals surface area contributed by atoms with Crippen LogP contribution in [0, 0.1) is 18.8 Å². The van der Waals surface area contributed by atoms with E-state index in [9.17, 15) is 14.4 Å². The molecule has 1 saturated carbocycles. The summed E-state index contributed by atoms with van der Waals surface area (Å²) in [6.45, 7) is 5.45. The number of carbonyl (C=O) groups is 3. The smallest absolute Gasteiger partial charge is 0.246 e. The lowest BCUT2D eigenvalue weighted by atomic mass is 9.74. The van der Waals surface area contributed by atoms with Gasteiger partial charge in [0.25, 0.3) is 0 Å². The Labute approximate surface area is 241 Å². The number of rotatable bonds is 8. The van der Waals surface area contributed by atoms with Crippen molar-refractivity contribution in [1.29, 1.82) is 0 Å². The summed E-state index contributed by atoms with van der Waals surface area (Å²) < 4.78 is 6.49. The maximum absolute atomic E-state index is 14.1. The first-order valence-electron chi connectivity index (χ1n) is 15.1. The van der Waals surface area contributed by atoms with Gasteiger partial charge in [0.2, 0.25) is 17.7 Å². The number of carbonyl (C=O) groups excluding carboxylic acids is 3. The molecule has 0 aromatic heterocycles. The minimum atomic E-state index is -1.13. The number of halogens is 1. The predicted octanol–water partition coefficient (Wildman–Crippen LogP) is 4.06. The van der Waals surface area contributed by atoms with Crippen LogP contribution < -0.4 is 10.6 Å². The Bertz CT molecular complexity index is 1180. The molecule has 9 heteroatoms. The van der Waals surface area contributed by atoms with Crippen molar-refractivity contribution in [2.75, 3.05) is 31.5 Å². The highest BCUT2D eigenvalue weighted by molar-refractivity contribution is 6.31. The molecule has 40 heavy (non-hydrogen) atoms. The van der Waals surface area contributed by atoms with Crippen LogP contribution in [0.4, 0.5) is 5.69 Å². The molecule has 4 heterocycles. The minimum absolute atomic E-state index is 0.120. The molecule has 1 spiro atoms. The van der Waals surface area contributed by atoms with Crippen molar-refractivity contribution < 1.29 is 19.1 Å². The summed E-state index contributed by atoms with van der Waals surface area (Å²) in [5.74, 6) is -2.04. The highest BCUT2D eigenvalue weighted by Crippen LogP contribution is 2.55. The van der Waals surface area contributed by atoms with Crippen LogP contribution in [0.3, 0.4) is 0 Å². The molecule has 0 unspecified atom stereocenters. The van der Waals surface area contributed by atoms with Crippen LogP contribution in [0.2, 0.25) is 5.02 Å². The Kier molecular flexibility index (Phi) is 7.94. The number of amides is 3. The van der Waals surface area contributed by atoms with Gasteiger partial charge in [-0.1, -0.05) is 55.5 Å². The van der Waals surface area contributed by atoms with Crippen LogP contribution in [-0.2, 0) is 19.1 Å². The van der Waals surface area contributed by atoms with E-state index in [1.54, 1.807) is 11.0 Å². The van der Waals surface area contributed by atoms with Gasteiger partial charge in [-0.2, -0.15) is 0 Å². The average Bonchev–Trinajstić information content (AvgIpc) is 3.59. The summed E-state index contributed by atoms with van der Waals surface area (Å²) in [6, 6.07) is 4.73. The maximum Gasteiger partial charge on any atom is 0.246 e. The Morgan fingerprint density at radius 1 is 1.05 bits per heavy atom. The quantitative estimate of drug-likeness (QED) is 0.462. The van der Waals surface area contributed by atoms with Crippen molar-refractivity contribution >= 4 is 35.0 Å². The summed E-state index contributed by atoms with van der Waals surface area (Å²) in [6.07, 6.45) is 13.0. The standard InChI is InChI=1S/C31H41ClN4O4/c1-20-11-12-22(19-23(20)32)34-28(37)25-24-13-14-31(40-24)26(25)30(39)36(18-8-17-35-15-6-3-7-16-35)27(31)29(38)33-21-9-4-2-5-10-21/h11-14,19,21,24-27H,2-10,15-18H2,1H3,(H,33,38)(H,34,37)/t24-,25+,26-,27+,31-/m0/s1. The number of fused-ring (bicyclic) bond motifs is 1. The summed E-state index contributed by atoms with van der Waals surface area (Å²) in [5, 5.41) is 6.79. The van der Waals surface area contributed by atoms with Crippen molar-refractivity contribution in [3.8, 4) is 0 Å². The van der Waals surface area contributed by atoms with Crippen LogP contribution in [0.1, 0.15) is 63.4 Å². The van der Waals surface area contributed by atoms with E-state index in [4.69, 9.17) is 16.3 Å². The molecule has 1 aromatic rings. The molecular formula is C31H41ClN4O4. The molecular weight excluding hydrogens is 528 g/mol. The third-order valence-electron chi connectivity index (χ3n) is 9.64. The molecule has 8 nitrogen and oxygen atoms in total. The van der Waals surface area contributed by atoms with Crippen LogP contribution >= 0.6 is 11.6 Å². The first-order valence-corrected chi connectivity index (χ1v) is 15.5. The molecule has 2 N–H and O–H groups in total. The van der Waals surface area contributed by atoms with Gasteiger partial charge in [0.1, 0.15) is 11.6 Å². The highest BCUT2D eigenvalue weighted by Gasteiger charge is 2.72. The number of hydrogen-bond donors (Lipinski definition) is 2. The van der Waals surface area contributed by atoms with Crippen molar-refractivity contribution in [3.05, 3.63) is 40.9 Å². The fourth-order valence-corrected chi connectivity index (χ4v) is 7.76. The van der Waals surface area contributed by atoms with E-state index in [0.29, 0.717) is 17.3 Å². The molecule has 6 rings (SSSR count). The second kappa shape index (κ2) is 11.5. The lowest BCUT2D eigenvalue weighted by Gasteiger charge is -2.34. The topological polar surface area (TPSA) is 91.0 Å². The zero-order valence-corrected chi connectivity index (χ0v) is 24.1. The fraction of sp³-hybridized carbons (Fsp3) is 0.645. The number of anilines is 1. The van der Waals surface area contributed by atoms with Crippen molar-refractivity contribution in [2.24, 2.45) is 11.8 Å². The van der Waals surface area contributed by atoms with E-state index < -0.39 is 29.6 Å². The molecule has 5 atom stereocenters. The Morgan fingerprint density at radius 3 is 2.55 bits per heavy atom. The number of hydrogen-bond acceptors (Lipinski definition) is 5. The molecule has 4 fully saturated rings. The number of benzene rings is 1. The highest BCUT2D eigenvalue weighted by atomic mass is 35.5. The predicted molar refractivity (Wildman–Crippen MR) is 154 cm³/mol. The van der Waals surface area contributed by atoms with Crippen LogP contribution in [0.5, 0.6) is 0 Å². The van der Waals surface area contributed by atoms with Gasteiger partial charge in [0, 0.05) is 23.3 Å². The van der Waals surface area contributed by atoms with E-state index in [-0.39, 0.29) is 23.8 Å². The number of ether oxygens (including phenoxy) is 1. The monoisotopic (exact) mass is 568 g/mol. The summed E-state index contributed by atoms with van der Waals surface area (Å²) in [4.78, 5) is 45.9. The van der Waals surface area contributed by atoms with Crippen LogP contribution in [-0.4, -0.2) is 77.5 Å². The number of likely N-dealkylation sites (tertiary alicyclic amines) is 2. The molecule has 1 aromatic carbocycles. The van der Waals surface area contributed by atoms with E-state index in [1.807, 2.05) is 31.2 Å². The number of aryl methyl sites for hydroxylation is 1. The number of nitrogens with one attached hydrogen (secondary N) is 2. The third kappa shape index (κ3) is 5.07. The zero-order valence-electron chi connectivity index (χ0n) is 23.4. The first-order chi connectivity index (χ1) is 19.4. The average molecular weight is 569 g/mol. The van der Waals surface area contributed by atoms with Crippen LogP contribution in [0.25, 0.3) is 0 Å². The van der Waals surface area contributed by atoms with Gasteiger partial charge >= 0.3 is 0 Å². The van der Waals surface area contributed by atoms with Gasteiger partial charge in [-0.05, 0) is 76.4 Å². The van der Waals surface area contributed by atoms with Gasteiger partial charge in [-0.25, -0.2) is 0 Å². The molecule has 1 aliphatic carbocycles. The normalized spacial score (nSPS) is 31.9. The van der Waals surface area contributed by atoms with Gasteiger partial charge in [-0.15, -0.1) is 0 Å². The third-order valence-corrected chi connectivity index (χ3v) is 10.0. The molecule has 3 amide bonds. The van der Waals surface area contributed by atoms with Gasteiger partial charge in [0.15, 0.2) is 0 Å². The Balaban J connectivity index is 1.24. The molecule has 0 radical (unpaired) electrons. The fourth-order valence-electron chi connectivity index (χ4n) is 7.58. The van der Waals surface area contributed by atoms with E-state index in [0.717, 1.165) is 57.3 Å². The minimum Gasteiger partial charge on any atom is -0.359 e. The van der Waals surface area contributed by atoms with E-state index >= 15 is 0 Å². The number of nitrogens with zero attached hydrogens (tertiary/aromatic N) is 2. The first kappa shape index (κ1) is 27.7. The SMILES string of the molecule is Cc1ccc(NC(=O)[C@@H]2[C@@H]3C=C[C@]4(O3)[C@@H]2C(=O)N(CCCN2CCCCC2)[C@@H]4C(=O)NC2CCCCC2)cc1Cl. The molecule has 4 aliphatic heterocycles. The van der Waals surface area contributed by atoms with Gasteiger partial charge in [0.05, 0.1) is 17.9 Å². The zero-order chi connectivity index (χ0) is 27.9. The maximum atomic E-state index is 14.1.